The van der Waals surface area contributed by atoms with Crippen LogP contribution in [0.15, 0.2) is 66.7 Å². The van der Waals surface area contributed by atoms with Gasteiger partial charge in [-0.1, -0.05) is 84.6 Å². The van der Waals surface area contributed by atoms with Crippen LogP contribution in [0.5, 0.6) is 0 Å². The molecule has 0 bridgehead atoms. The molecule has 3 aromatic rings. The highest BCUT2D eigenvalue weighted by Crippen LogP contribution is 2.29. The molecule has 224 valence electrons. The lowest BCUT2D eigenvalue weighted by atomic mass is 10.0. The number of amides is 2. The molecule has 7 nitrogen and oxygen atoms in total. The van der Waals surface area contributed by atoms with Crippen LogP contribution in [0.2, 0.25) is 10.0 Å². The Hall–Kier alpha value is -3.07. The highest BCUT2D eigenvalue weighted by molar-refractivity contribution is 7.92. The number of sulfonamides is 1. The number of nitrogens with zero attached hydrogens (tertiary/aromatic N) is 2. The highest BCUT2D eigenvalue weighted by atomic mass is 35.5. The zero-order valence-electron chi connectivity index (χ0n) is 24.1. The van der Waals surface area contributed by atoms with Crippen molar-refractivity contribution in [3.63, 3.8) is 0 Å². The SMILES string of the molecule is Cc1cccc(N(CC(=O)N(Cc2c(Cl)cccc2Cl)[C@@H](Cc2ccccc2)C(=O)NC2CCCC2)S(C)(=O)=O)c1C. The molecule has 1 aliphatic carbocycles. The van der Waals surface area contributed by atoms with Crippen molar-refractivity contribution in [2.24, 2.45) is 0 Å². The van der Waals surface area contributed by atoms with Crippen LogP contribution in [-0.4, -0.2) is 50.0 Å². The Kier molecular flexibility index (Phi) is 10.6. The van der Waals surface area contributed by atoms with Crippen LogP contribution in [0.3, 0.4) is 0 Å². The maximum absolute atomic E-state index is 14.3. The van der Waals surface area contributed by atoms with Gasteiger partial charge in [-0.3, -0.25) is 13.9 Å². The predicted octanol–water partition coefficient (Wildman–Crippen LogP) is 6.08. The molecule has 1 fully saturated rings. The summed E-state index contributed by atoms with van der Waals surface area (Å²) in [6, 6.07) is 18.9. The Morgan fingerprint density at radius 2 is 1.55 bits per heavy atom. The Bertz CT molecular complexity index is 1510. The van der Waals surface area contributed by atoms with E-state index in [9.17, 15) is 18.0 Å². The average molecular weight is 631 g/mol. The first kappa shape index (κ1) is 31.9. The quantitative estimate of drug-likeness (QED) is 0.279. The Balaban J connectivity index is 1.78. The second-order valence-electron chi connectivity index (χ2n) is 10.9. The van der Waals surface area contributed by atoms with Gasteiger partial charge in [0.05, 0.1) is 11.9 Å². The van der Waals surface area contributed by atoms with Gasteiger partial charge in [-0.15, -0.1) is 0 Å². The van der Waals surface area contributed by atoms with Gasteiger partial charge in [0.2, 0.25) is 21.8 Å². The molecule has 1 aliphatic rings. The monoisotopic (exact) mass is 629 g/mol. The number of hydrogen-bond donors (Lipinski definition) is 1. The molecule has 0 unspecified atom stereocenters. The molecule has 42 heavy (non-hydrogen) atoms. The second kappa shape index (κ2) is 13.9. The van der Waals surface area contributed by atoms with E-state index in [1.165, 1.54) is 4.90 Å². The number of rotatable bonds is 11. The van der Waals surface area contributed by atoms with Crippen LogP contribution >= 0.6 is 23.2 Å². The van der Waals surface area contributed by atoms with Crippen molar-refractivity contribution in [3.05, 3.63) is 99.0 Å². The minimum atomic E-state index is -3.87. The van der Waals surface area contributed by atoms with E-state index in [2.05, 4.69) is 5.32 Å². The summed E-state index contributed by atoms with van der Waals surface area (Å²) >= 11 is 13.1. The topological polar surface area (TPSA) is 86.8 Å². The lowest BCUT2D eigenvalue weighted by Crippen LogP contribution is -2.54. The summed E-state index contributed by atoms with van der Waals surface area (Å²) < 4.78 is 27.3. The molecule has 0 aliphatic heterocycles. The number of halogens is 2. The molecular formula is C32H37Cl2N3O4S. The summed E-state index contributed by atoms with van der Waals surface area (Å²) in [6.07, 6.45) is 5.13. The zero-order chi connectivity index (χ0) is 30.4. The number of hydrogen-bond acceptors (Lipinski definition) is 4. The molecule has 10 heteroatoms. The fraction of sp³-hybridized carbons (Fsp3) is 0.375. The van der Waals surface area contributed by atoms with Crippen LogP contribution in [0.4, 0.5) is 5.69 Å². The molecule has 4 rings (SSSR count). The van der Waals surface area contributed by atoms with E-state index in [1.54, 1.807) is 30.3 Å². The van der Waals surface area contributed by atoms with Crippen molar-refractivity contribution in [2.75, 3.05) is 17.1 Å². The van der Waals surface area contributed by atoms with Gasteiger partial charge in [0.1, 0.15) is 12.6 Å². The molecule has 0 heterocycles. The fourth-order valence-electron chi connectivity index (χ4n) is 5.38. The number of nitrogens with one attached hydrogen (secondary N) is 1. The van der Waals surface area contributed by atoms with Gasteiger partial charge >= 0.3 is 0 Å². The summed E-state index contributed by atoms with van der Waals surface area (Å²) in [4.78, 5) is 29.7. The predicted molar refractivity (Wildman–Crippen MR) is 169 cm³/mol. The molecule has 0 spiro atoms. The first-order valence-electron chi connectivity index (χ1n) is 14.1. The number of anilines is 1. The van der Waals surface area contributed by atoms with Gasteiger partial charge in [0.15, 0.2) is 0 Å². The van der Waals surface area contributed by atoms with E-state index in [-0.39, 0.29) is 24.9 Å². The maximum atomic E-state index is 14.3. The van der Waals surface area contributed by atoms with Gasteiger partial charge in [-0.05, 0) is 61.6 Å². The highest BCUT2D eigenvalue weighted by Gasteiger charge is 2.35. The van der Waals surface area contributed by atoms with Crippen molar-refractivity contribution >= 4 is 50.7 Å². The summed E-state index contributed by atoms with van der Waals surface area (Å²) in [5.74, 6) is -0.834. The normalized spacial score (nSPS) is 14.4. The third kappa shape index (κ3) is 7.85. The van der Waals surface area contributed by atoms with Gasteiger partial charge in [0, 0.05) is 34.6 Å². The van der Waals surface area contributed by atoms with Crippen molar-refractivity contribution in [1.29, 1.82) is 0 Å². The van der Waals surface area contributed by atoms with Crippen LogP contribution < -0.4 is 9.62 Å². The van der Waals surface area contributed by atoms with Gasteiger partial charge < -0.3 is 10.2 Å². The standard InChI is InChI=1S/C32H37Cl2N3O4S/c1-22-11-9-18-29(23(22)2)37(42(3,40)41)21-31(38)36(20-26-27(33)16-10-17-28(26)34)30(19-24-12-5-4-6-13-24)32(39)35-25-14-7-8-15-25/h4-6,9-13,16-18,25,30H,7-8,14-15,19-21H2,1-3H3,(H,35,39)/t30-/m0/s1. The maximum Gasteiger partial charge on any atom is 0.244 e. The summed E-state index contributed by atoms with van der Waals surface area (Å²) in [7, 11) is -3.87. The van der Waals surface area contributed by atoms with Crippen molar-refractivity contribution in [3.8, 4) is 0 Å². The molecule has 0 radical (unpaired) electrons. The van der Waals surface area contributed by atoms with Crippen LogP contribution in [-0.2, 0) is 32.6 Å². The van der Waals surface area contributed by atoms with Crippen molar-refractivity contribution in [2.45, 2.75) is 64.6 Å². The molecule has 1 atom stereocenters. The summed E-state index contributed by atoms with van der Waals surface area (Å²) in [5.41, 5.74) is 3.40. The first-order chi connectivity index (χ1) is 20.0. The fourth-order valence-corrected chi connectivity index (χ4v) is 6.79. The Morgan fingerprint density at radius 1 is 0.929 bits per heavy atom. The number of benzene rings is 3. The van der Waals surface area contributed by atoms with Crippen molar-refractivity contribution in [1.82, 2.24) is 10.2 Å². The summed E-state index contributed by atoms with van der Waals surface area (Å²) in [6.45, 7) is 3.14. The number of carbonyl (C=O) groups is 2. The number of aryl methyl sites for hydroxylation is 1. The minimum Gasteiger partial charge on any atom is -0.352 e. The summed E-state index contributed by atoms with van der Waals surface area (Å²) in [5, 5.41) is 3.85. The zero-order valence-corrected chi connectivity index (χ0v) is 26.5. The van der Waals surface area contributed by atoms with E-state index in [1.807, 2.05) is 50.2 Å². The van der Waals surface area contributed by atoms with E-state index in [0.717, 1.165) is 52.9 Å². The lowest BCUT2D eigenvalue weighted by molar-refractivity contribution is -0.140. The largest absolute Gasteiger partial charge is 0.352 e. The van der Waals surface area contributed by atoms with Gasteiger partial charge in [-0.25, -0.2) is 8.42 Å². The molecule has 1 saturated carbocycles. The smallest absolute Gasteiger partial charge is 0.244 e. The first-order valence-corrected chi connectivity index (χ1v) is 16.7. The average Bonchev–Trinajstić information content (AvgIpc) is 3.45. The van der Waals surface area contributed by atoms with E-state index >= 15 is 0 Å². The Labute approximate surface area is 258 Å². The molecule has 0 saturated heterocycles. The second-order valence-corrected chi connectivity index (χ2v) is 13.6. The molecular weight excluding hydrogens is 593 g/mol. The van der Waals surface area contributed by atoms with E-state index in [0.29, 0.717) is 21.3 Å². The third-order valence-corrected chi connectivity index (χ3v) is 9.72. The third-order valence-electron chi connectivity index (χ3n) is 7.89. The minimum absolute atomic E-state index is 0.0269. The Morgan fingerprint density at radius 3 is 2.17 bits per heavy atom. The lowest BCUT2D eigenvalue weighted by Gasteiger charge is -2.34. The van der Waals surface area contributed by atoms with Crippen LogP contribution in [0.1, 0.15) is 47.9 Å². The van der Waals surface area contributed by atoms with Crippen LogP contribution in [0, 0.1) is 13.8 Å². The number of carbonyl (C=O) groups excluding carboxylic acids is 2. The molecule has 2 amide bonds. The molecule has 0 aromatic heterocycles. The van der Waals surface area contributed by atoms with Gasteiger partial charge in [-0.2, -0.15) is 0 Å². The molecule has 3 aromatic carbocycles. The van der Waals surface area contributed by atoms with E-state index < -0.39 is 28.5 Å². The van der Waals surface area contributed by atoms with E-state index in [4.69, 9.17) is 23.2 Å². The molecule has 1 N–H and O–H groups in total. The van der Waals surface area contributed by atoms with Gasteiger partial charge in [0.25, 0.3) is 0 Å². The van der Waals surface area contributed by atoms with Crippen LogP contribution in [0.25, 0.3) is 0 Å². The van der Waals surface area contributed by atoms with Crippen molar-refractivity contribution < 1.29 is 18.0 Å².